The van der Waals surface area contributed by atoms with Gasteiger partial charge < -0.3 is 14.5 Å². The van der Waals surface area contributed by atoms with E-state index in [1.807, 2.05) is 43.3 Å². The van der Waals surface area contributed by atoms with E-state index in [1.54, 1.807) is 29.1 Å². The van der Waals surface area contributed by atoms with Crippen LogP contribution in [0.15, 0.2) is 48.8 Å². The summed E-state index contributed by atoms with van der Waals surface area (Å²) >= 11 is 6.53. The summed E-state index contributed by atoms with van der Waals surface area (Å²) in [6.45, 7) is 6.69. The molecule has 0 N–H and O–H groups in total. The van der Waals surface area contributed by atoms with E-state index in [-0.39, 0.29) is 24.1 Å². The molecule has 3 heterocycles. The number of pyridine rings is 2. The molecule has 34 heavy (non-hydrogen) atoms. The molecular weight excluding hydrogens is 452 g/mol. The average molecular weight is 481 g/mol. The number of unbranched alkanes of at least 4 members (excludes halogenated alkanes) is 1. The lowest BCUT2D eigenvalue weighted by molar-refractivity contribution is -0.135. The summed E-state index contributed by atoms with van der Waals surface area (Å²) in [5.74, 6) is -0.0473. The number of fused-ring (bicyclic) bond motifs is 1. The lowest BCUT2D eigenvalue weighted by Crippen LogP contribution is -2.56. The van der Waals surface area contributed by atoms with Crippen LogP contribution in [0.3, 0.4) is 0 Å². The third kappa shape index (κ3) is 5.14. The first-order valence-corrected chi connectivity index (χ1v) is 12.0. The van der Waals surface area contributed by atoms with Crippen molar-refractivity contribution < 1.29 is 14.3 Å². The summed E-state index contributed by atoms with van der Waals surface area (Å²) in [5, 5.41) is 0.549. The Kier molecular flexibility index (Phi) is 7.32. The molecule has 7 nitrogen and oxygen atoms in total. The highest BCUT2D eigenvalue weighted by atomic mass is 35.5. The van der Waals surface area contributed by atoms with Gasteiger partial charge in [-0.1, -0.05) is 24.9 Å². The molecule has 0 saturated carbocycles. The number of carbonyl (C=O) groups is 2. The van der Waals surface area contributed by atoms with Crippen molar-refractivity contribution in [2.45, 2.75) is 45.7 Å². The van der Waals surface area contributed by atoms with E-state index in [4.69, 9.17) is 16.3 Å². The predicted octanol–water partition coefficient (Wildman–Crippen LogP) is 5.48. The SMILES string of the molecule is CCCCOC(=O)N1C[C@@H](c2cc(Cl)cc(-c3cnc4cccnc4c3)c2)N(C(C)=O)C[C@@H]1C. The summed E-state index contributed by atoms with van der Waals surface area (Å²) in [6, 6.07) is 11.0. The molecule has 0 bridgehead atoms. The zero-order valence-corrected chi connectivity index (χ0v) is 20.5. The molecule has 1 aromatic carbocycles. The molecule has 0 aliphatic carbocycles. The molecule has 2 amide bonds. The quantitative estimate of drug-likeness (QED) is 0.452. The Balaban J connectivity index is 1.67. The number of hydrogen-bond acceptors (Lipinski definition) is 5. The molecule has 4 rings (SSSR count). The van der Waals surface area contributed by atoms with Crippen molar-refractivity contribution in [3.8, 4) is 11.1 Å². The molecule has 0 radical (unpaired) electrons. The molecule has 1 saturated heterocycles. The highest BCUT2D eigenvalue weighted by Gasteiger charge is 2.37. The maximum atomic E-state index is 12.8. The molecule has 0 unspecified atom stereocenters. The number of rotatable bonds is 5. The molecule has 2 aromatic heterocycles. The van der Waals surface area contributed by atoms with E-state index in [2.05, 4.69) is 16.9 Å². The van der Waals surface area contributed by atoms with E-state index >= 15 is 0 Å². The highest BCUT2D eigenvalue weighted by molar-refractivity contribution is 6.31. The molecule has 178 valence electrons. The van der Waals surface area contributed by atoms with E-state index in [0.717, 1.165) is 40.6 Å². The van der Waals surface area contributed by atoms with Crippen molar-refractivity contribution in [3.63, 3.8) is 0 Å². The van der Waals surface area contributed by atoms with E-state index < -0.39 is 0 Å². The molecular formula is C26H29ClN4O3. The van der Waals surface area contributed by atoms with Gasteiger partial charge in [-0.15, -0.1) is 0 Å². The number of halogens is 1. The number of carbonyl (C=O) groups excluding carboxylic acids is 2. The molecule has 1 aliphatic heterocycles. The number of benzene rings is 1. The number of nitrogens with zero attached hydrogens (tertiary/aromatic N) is 4. The van der Waals surface area contributed by atoms with Gasteiger partial charge in [0, 0.05) is 49.0 Å². The number of amides is 2. The lowest BCUT2D eigenvalue weighted by Gasteiger charge is -2.44. The van der Waals surface area contributed by atoms with Gasteiger partial charge in [-0.25, -0.2) is 4.79 Å². The monoisotopic (exact) mass is 480 g/mol. The van der Waals surface area contributed by atoms with Gasteiger partial charge in [0.2, 0.25) is 5.91 Å². The zero-order chi connectivity index (χ0) is 24.2. The summed E-state index contributed by atoms with van der Waals surface area (Å²) in [4.78, 5) is 37.7. The van der Waals surface area contributed by atoms with Gasteiger partial charge in [-0.05, 0) is 60.9 Å². The summed E-state index contributed by atoms with van der Waals surface area (Å²) in [6.07, 6.45) is 4.96. The standard InChI is InChI=1S/C26H29ClN4O3/c1-4-5-9-34-26(33)30-16-25(31(18(3)32)15-17(30)2)20-10-19(11-22(27)12-20)21-13-24-23(29-14-21)7-6-8-28-24/h6-8,10-14,17,25H,4-5,9,15-16H2,1-3H3/t17-,25-/m0/s1. The van der Waals surface area contributed by atoms with Crippen LogP contribution in [0.4, 0.5) is 4.79 Å². The Bertz CT molecular complexity index is 1200. The smallest absolute Gasteiger partial charge is 0.410 e. The van der Waals surface area contributed by atoms with Crippen LogP contribution in [0.1, 0.15) is 45.2 Å². The van der Waals surface area contributed by atoms with Crippen LogP contribution in [0.5, 0.6) is 0 Å². The van der Waals surface area contributed by atoms with Gasteiger partial charge in [-0.2, -0.15) is 0 Å². The number of hydrogen-bond donors (Lipinski definition) is 0. The van der Waals surface area contributed by atoms with Gasteiger partial charge in [0.25, 0.3) is 0 Å². The second-order valence-corrected chi connectivity index (χ2v) is 9.13. The third-order valence-corrected chi connectivity index (χ3v) is 6.41. The first-order chi connectivity index (χ1) is 16.4. The summed E-state index contributed by atoms with van der Waals surface area (Å²) in [7, 11) is 0. The Morgan fingerprint density at radius 1 is 1.09 bits per heavy atom. The number of piperazine rings is 1. The van der Waals surface area contributed by atoms with Crippen molar-refractivity contribution >= 4 is 34.6 Å². The average Bonchev–Trinajstić information content (AvgIpc) is 2.83. The summed E-state index contributed by atoms with van der Waals surface area (Å²) < 4.78 is 5.47. The minimum atomic E-state index is -0.346. The third-order valence-electron chi connectivity index (χ3n) is 6.19. The highest BCUT2D eigenvalue weighted by Crippen LogP contribution is 2.34. The molecule has 3 aromatic rings. The fourth-order valence-electron chi connectivity index (χ4n) is 4.33. The minimum absolute atomic E-state index is 0.0473. The Hall–Kier alpha value is -3.19. The minimum Gasteiger partial charge on any atom is -0.449 e. The predicted molar refractivity (Wildman–Crippen MR) is 133 cm³/mol. The second-order valence-electron chi connectivity index (χ2n) is 8.70. The van der Waals surface area contributed by atoms with E-state index in [0.29, 0.717) is 24.7 Å². The van der Waals surface area contributed by atoms with Gasteiger partial charge in [0.1, 0.15) is 0 Å². The van der Waals surface area contributed by atoms with Crippen LogP contribution >= 0.6 is 11.6 Å². The van der Waals surface area contributed by atoms with Gasteiger partial charge in [0.15, 0.2) is 0 Å². The van der Waals surface area contributed by atoms with E-state index in [9.17, 15) is 9.59 Å². The van der Waals surface area contributed by atoms with Gasteiger partial charge in [-0.3, -0.25) is 14.8 Å². The fourth-order valence-corrected chi connectivity index (χ4v) is 4.58. The van der Waals surface area contributed by atoms with Crippen molar-refractivity contribution in [2.75, 3.05) is 19.7 Å². The van der Waals surface area contributed by atoms with E-state index in [1.165, 1.54) is 0 Å². The first kappa shape index (κ1) is 24.0. The van der Waals surface area contributed by atoms with Crippen molar-refractivity contribution in [1.29, 1.82) is 0 Å². The number of aromatic nitrogens is 2. The first-order valence-electron chi connectivity index (χ1n) is 11.6. The van der Waals surface area contributed by atoms with Gasteiger partial charge in [0.05, 0.1) is 23.7 Å². The molecule has 0 spiro atoms. The van der Waals surface area contributed by atoms with Crippen LogP contribution in [-0.4, -0.2) is 57.5 Å². The van der Waals surface area contributed by atoms with Crippen LogP contribution < -0.4 is 0 Å². The molecule has 2 atom stereocenters. The van der Waals surface area contributed by atoms with Crippen molar-refractivity contribution in [1.82, 2.24) is 19.8 Å². The maximum absolute atomic E-state index is 12.8. The van der Waals surface area contributed by atoms with Gasteiger partial charge >= 0.3 is 6.09 Å². The van der Waals surface area contributed by atoms with Crippen LogP contribution in [0.25, 0.3) is 22.2 Å². The second kappa shape index (κ2) is 10.4. The maximum Gasteiger partial charge on any atom is 0.410 e. The normalized spacial score (nSPS) is 18.2. The largest absolute Gasteiger partial charge is 0.449 e. The number of ether oxygens (including phenoxy) is 1. The zero-order valence-electron chi connectivity index (χ0n) is 19.7. The molecule has 1 fully saturated rings. The summed E-state index contributed by atoms with van der Waals surface area (Å²) in [5.41, 5.74) is 4.22. The Morgan fingerprint density at radius 3 is 2.68 bits per heavy atom. The van der Waals surface area contributed by atoms with Crippen molar-refractivity contribution in [2.24, 2.45) is 0 Å². The lowest BCUT2D eigenvalue weighted by atomic mass is 9.96. The molecule has 8 heteroatoms. The van der Waals surface area contributed by atoms with Crippen LogP contribution in [-0.2, 0) is 9.53 Å². The topological polar surface area (TPSA) is 75.6 Å². The molecule has 1 aliphatic rings. The Labute approximate surface area is 204 Å². The van der Waals surface area contributed by atoms with Crippen LogP contribution in [0, 0.1) is 0 Å². The van der Waals surface area contributed by atoms with Crippen LogP contribution in [0.2, 0.25) is 5.02 Å². The Morgan fingerprint density at radius 2 is 1.91 bits per heavy atom. The fraction of sp³-hybridized carbons (Fsp3) is 0.385. The van der Waals surface area contributed by atoms with Crippen molar-refractivity contribution in [3.05, 3.63) is 59.4 Å².